The van der Waals surface area contributed by atoms with E-state index in [1.54, 1.807) is 6.20 Å². The average Bonchev–Trinajstić information content (AvgIpc) is 3.55. The van der Waals surface area contributed by atoms with Gasteiger partial charge in [-0.3, -0.25) is 14.0 Å². The maximum Gasteiger partial charge on any atom is 0.258 e. The number of amides is 1. The van der Waals surface area contributed by atoms with Crippen molar-refractivity contribution in [3.63, 3.8) is 0 Å². The van der Waals surface area contributed by atoms with Crippen LogP contribution in [0.5, 0.6) is 0 Å². The fourth-order valence-electron chi connectivity index (χ4n) is 6.25. The van der Waals surface area contributed by atoms with Gasteiger partial charge in [0.15, 0.2) is 5.65 Å². The Morgan fingerprint density at radius 1 is 1.11 bits per heavy atom. The van der Waals surface area contributed by atoms with Crippen LogP contribution in [0.25, 0.3) is 26.1 Å². The van der Waals surface area contributed by atoms with Crippen molar-refractivity contribution in [1.82, 2.24) is 29.9 Å². The number of pyridine rings is 1. The summed E-state index contributed by atoms with van der Waals surface area (Å²) in [7, 11) is 2.18. The van der Waals surface area contributed by atoms with Crippen molar-refractivity contribution in [3.8, 4) is 0 Å². The molecule has 3 aliphatic heterocycles. The normalized spacial score (nSPS) is 23.2. The van der Waals surface area contributed by atoms with Gasteiger partial charge in [-0.15, -0.1) is 11.3 Å². The second-order valence-corrected chi connectivity index (χ2v) is 11.5. The lowest BCUT2D eigenvalue weighted by Gasteiger charge is -2.23. The van der Waals surface area contributed by atoms with Gasteiger partial charge >= 0.3 is 0 Å². The van der Waals surface area contributed by atoms with E-state index in [0.29, 0.717) is 33.6 Å². The number of nitrogens with one attached hydrogen (secondary N) is 2. The van der Waals surface area contributed by atoms with E-state index in [0.717, 1.165) is 62.3 Å². The SMILES string of the molecule is CN1CC2CN(c3ncc4c(=O)c(C(=O)NC5CCNCC5)c5sc6ccccc6n5c4n3)CC2C1. The number of thiazole rings is 1. The number of carbonyl (C=O) groups is 1. The van der Waals surface area contributed by atoms with Gasteiger partial charge in [-0.05, 0) is 56.9 Å². The molecule has 2 unspecified atom stereocenters. The van der Waals surface area contributed by atoms with E-state index in [1.165, 1.54) is 11.3 Å². The number of benzene rings is 1. The quantitative estimate of drug-likeness (QED) is 0.441. The van der Waals surface area contributed by atoms with Crippen molar-refractivity contribution in [2.75, 3.05) is 51.2 Å². The molecule has 9 nitrogen and oxygen atoms in total. The summed E-state index contributed by atoms with van der Waals surface area (Å²) >= 11 is 1.47. The molecule has 186 valence electrons. The molecule has 3 saturated heterocycles. The highest BCUT2D eigenvalue weighted by atomic mass is 32.1. The molecule has 4 aromatic rings. The summed E-state index contributed by atoms with van der Waals surface area (Å²) in [5, 5.41) is 6.82. The number of anilines is 1. The number of likely N-dealkylation sites (tertiary alicyclic amines) is 1. The van der Waals surface area contributed by atoms with Crippen molar-refractivity contribution >= 4 is 49.3 Å². The van der Waals surface area contributed by atoms with Gasteiger partial charge in [0.25, 0.3) is 5.91 Å². The third-order valence-electron chi connectivity index (χ3n) is 8.02. The molecule has 3 aliphatic rings. The van der Waals surface area contributed by atoms with Gasteiger partial charge in [0.1, 0.15) is 10.4 Å². The maximum absolute atomic E-state index is 13.8. The van der Waals surface area contributed by atoms with Crippen molar-refractivity contribution in [1.29, 1.82) is 0 Å². The first-order valence-electron chi connectivity index (χ1n) is 12.7. The Labute approximate surface area is 212 Å². The number of fused-ring (bicyclic) bond motifs is 6. The molecule has 0 spiro atoms. The van der Waals surface area contributed by atoms with Gasteiger partial charge in [-0.25, -0.2) is 4.98 Å². The molecule has 6 heterocycles. The predicted molar refractivity (Wildman–Crippen MR) is 142 cm³/mol. The molecule has 0 radical (unpaired) electrons. The topological polar surface area (TPSA) is 94.9 Å². The lowest BCUT2D eigenvalue weighted by molar-refractivity contribution is 0.0930. The number of rotatable bonds is 3. The largest absolute Gasteiger partial charge is 0.349 e. The van der Waals surface area contributed by atoms with E-state index in [-0.39, 0.29) is 22.9 Å². The minimum absolute atomic E-state index is 0.0653. The average molecular weight is 504 g/mol. The zero-order valence-electron chi connectivity index (χ0n) is 20.2. The summed E-state index contributed by atoms with van der Waals surface area (Å²) < 4.78 is 3.00. The molecule has 2 N–H and O–H groups in total. The van der Waals surface area contributed by atoms with Gasteiger partial charge in [-0.2, -0.15) is 4.98 Å². The Morgan fingerprint density at radius 2 is 1.86 bits per heavy atom. The fourth-order valence-corrected chi connectivity index (χ4v) is 7.44. The highest BCUT2D eigenvalue weighted by molar-refractivity contribution is 7.24. The number of hydrogen-bond donors (Lipinski definition) is 2. The Hall–Kier alpha value is -3.08. The van der Waals surface area contributed by atoms with E-state index in [1.807, 2.05) is 28.7 Å². The monoisotopic (exact) mass is 503 g/mol. The van der Waals surface area contributed by atoms with Crippen LogP contribution >= 0.6 is 11.3 Å². The second-order valence-electron chi connectivity index (χ2n) is 10.5. The van der Waals surface area contributed by atoms with Crippen LogP contribution in [0.2, 0.25) is 0 Å². The van der Waals surface area contributed by atoms with E-state index in [9.17, 15) is 9.59 Å². The van der Waals surface area contributed by atoms with E-state index >= 15 is 0 Å². The van der Waals surface area contributed by atoms with E-state index in [4.69, 9.17) is 4.98 Å². The molecule has 2 atom stereocenters. The number of nitrogens with zero attached hydrogens (tertiary/aromatic N) is 5. The van der Waals surface area contributed by atoms with Crippen molar-refractivity contribution in [3.05, 3.63) is 46.2 Å². The smallest absolute Gasteiger partial charge is 0.258 e. The van der Waals surface area contributed by atoms with Gasteiger partial charge in [0, 0.05) is 38.4 Å². The van der Waals surface area contributed by atoms with Crippen LogP contribution in [-0.2, 0) is 0 Å². The van der Waals surface area contributed by atoms with Crippen LogP contribution in [0.3, 0.4) is 0 Å². The van der Waals surface area contributed by atoms with Crippen molar-refractivity contribution in [2.45, 2.75) is 18.9 Å². The minimum Gasteiger partial charge on any atom is -0.349 e. The highest BCUT2D eigenvalue weighted by Gasteiger charge is 2.39. The van der Waals surface area contributed by atoms with Gasteiger partial charge in [0.05, 0.1) is 15.6 Å². The van der Waals surface area contributed by atoms with Crippen LogP contribution in [0.4, 0.5) is 5.95 Å². The Kier molecular flexibility index (Phi) is 5.23. The maximum atomic E-state index is 13.8. The molecule has 36 heavy (non-hydrogen) atoms. The Bertz CT molecular complexity index is 1540. The summed E-state index contributed by atoms with van der Waals surface area (Å²) in [5.41, 5.74) is 1.42. The lowest BCUT2D eigenvalue weighted by atomic mass is 10.0. The molecule has 7 rings (SSSR count). The van der Waals surface area contributed by atoms with Gasteiger partial charge in [0.2, 0.25) is 11.4 Å². The molecule has 0 saturated carbocycles. The molecule has 0 bridgehead atoms. The van der Waals surface area contributed by atoms with Crippen LogP contribution in [0.15, 0.2) is 35.3 Å². The molecular weight excluding hydrogens is 474 g/mol. The number of carbonyl (C=O) groups excluding carboxylic acids is 1. The third kappa shape index (κ3) is 3.50. The third-order valence-corrected chi connectivity index (χ3v) is 9.17. The first-order chi connectivity index (χ1) is 17.6. The van der Waals surface area contributed by atoms with Crippen LogP contribution in [0, 0.1) is 11.8 Å². The van der Waals surface area contributed by atoms with E-state index in [2.05, 4.69) is 32.5 Å². The number of para-hydroxylation sites is 1. The van der Waals surface area contributed by atoms with E-state index < -0.39 is 0 Å². The molecule has 3 fully saturated rings. The van der Waals surface area contributed by atoms with Gasteiger partial charge in [-0.1, -0.05) is 12.1 Å². The Balaban J connectivity index is 1.37. The minimum atomic E-state index is -0.307. The molecule has 10 heteroatoms. The predicted octanol–water partition coefficient (Wildman–Crippen LogP) is 1.94. The highest BCUT2D eigenvalue weighted by Crippen LogP contribution is 2.34. The van der Waals surface area contributed by atoms with Crippen LogP contribution in [0.1, 0.15) is 23.2 Å². The molecule has 0 aliphatic carbocycles. The first-order valence-corrected chi connectivity index (χ1v) is 13.6. The van der Waals surface area contributed by atoms with Crippen LogP contribution in [-0.4, -0.2) is 77.5 Å². The second kappa shape index (κ2) is 8.50. The Morgan fingerprint density at radius 3 is 2.64 bits per heavy atom. The summed E-state index contributed by atoms with van der Waals surface area (Å²) in [6.45, 7) is 5.79. The number of aromatic nitrogens is 3. The van der Waals surface area contributed by atoms with Crippen LogP contribution < -0.4 is 21.0 Å². The summed E-state index contributed by atoms with van der Waals surface area (Å²) in [4.78, 5) is 42.1. The molecule has 3 aromatic heterocycles. The zero-order chi connectivity index (χ0) is 24.4. The van der Waals surface area contributed by atoms with Crippen molar-refractivity contribution < 1.29 is 4.79 Å². The molecule has 1 aromatic carbocycles. The van der Waals surface area contributed by atoms with Crippen molar-refractivity contribution in [2.24, 2.45) is 11.8 Å². The standard InChI is InChI=1S/C26H29N7O2S/c1-31-11-15-13-32(14-16(15)12-31)26-28-10-18-22(34)21(24(35)29-17-6-8-27-9-7-17)25-33(23(18)30-26)19-4-2-3-5-20(19)36-25/h2-5,10,15-17,27H,6-9,11-14H2,1H3,(H,29,35). The fraction of sp³-hybridized carbons (Fsp3) is 0.462. The summed E-state index contributed by atoms with van der Waals surface area (Å²) in [6, 6.07) is 8.07. The number of hydrogen-bond acceptors (Lipinski definition) is 8. The molecule has 1 amide bonds. The number of piperidine rings is 1. The summed E-state index contributed by atoms with van der Waals surface area (Å²) in [6.07, 6.45) is 3.34. The van der Waals surface area contributed by atoms with Gasteiger partial charge < -0.3 is 20.4 Å². The molecular formula is C26H29N7O2S. The zero-order valence-corrected chi connectivity index (χ0v) is 21.1. The lowest BCUT2D eigenvalue weighted by Crippen LogP contribution is -2.44. The summed E-state index contributed by atoms with van der Waals surface area (Å²) in [5.74, 6) is 1.61. The first kappa shape index (κ1) is 22.1.